The summed E-state index contributed by atoms with van der Waals surface area (Å²) >= 11 is 0. The fourth-order valence-electron chi connectivity index (χ4n) is 4.18. The first kappa shape index (κ1) is 28.4. The fraction of sp³-hybridized carbons (Fsp3) is 0.250. The number of fused-ring (bicyclic) bond motifs is 1. The maximum absolute atomic E-state index is 13.5. The number of amides is 1. The predicted molar refractivity (Wildman–Crippen MR) is 151 cm³/mol. The van der Waals surface area contributed by atoms with Crippen LogP contribution in [-0.2, 0) is 11.8 Å². The number of nitrogens with zero attached hydrogens (tertiary/aromatic N) is 5. The van der Waals surface area contributed by atoms with Crippen LogP contribution < -0.4 is 20.3 Å². The van der Waals surface area contributed by atoms with Gasteiger partial charge in [0.2, 0.25) is 11.9 Å². The molecule has 0 bridgehead atoms. The molecule has 2 aromatic heterocycles. The summed E-state index contributed by atoms with van der Waals surface area (Å²) in [4.78, 5) is 24.6. The summed E-state index contributed by atoms with van der Waals surface area (Å²) < 4.78 is 46.7. The van der Waals surface area contributed by atoms with E-state index < -0.39 is 18.0 Å². The molecule has 0 radical (unpaired) electrons. The zero-order valence-electron chi connectivity index (χ0n) is 22.6. The molecule has 2 N–H and O–H groups in total. The monoisotopic (exact) mass is 553 g/mol. The summed E-state index contributed by atoms with van der Waals surface area (Å²) in [5.74, 6) is -0.978. The summed E-state index contributed by atoms with van der Waals surface area (Å²) in [5, 5.41) is 6.49. The molecule has 9 nitrogen and oxygen atoms in total. The minimum Gasteiger partial charge on any atom is -0.403 e. The van der Waals surface area contributed by atoms with Crippen LogP contribution >= 0.6 is 0 Å². The largest absolute Gasteiger partial charge is 0.573 e. The molecule has 4 aromatic rings. The lowest BCUT2D eigenvalue weighted by Crippen LogP contribution is -2.29. The Morgan fingerprint density at radius 2 is 1.88 bits per heavy atom. The number of carbonyl (C=O) groups is 1. The number of alkyl halides is 3. The zero-order valence-corrected chi connectivity index (χ0v) is 22.6. The Hall–Kier alpha value is -4.58. The SMILES string of the molecule is C=CC(=O)Nc1cc(Nc2nccc(-c3cn(C)c4ccccc34)n2)c(OC(F)(F)F)cc1N(C)CCN(C)C. The Morgan fingerprint density at radius 1 is 1.12 bits per heavy atom. The van der Waals surface area contributed by atoms with Crippen molar-refractivity contribution in [3.05, 3.63) is 67.5 Å². The van der Waals surface area contributed by atoms with Crippen molar-refractivity contribution in [2.75, 3.05) is 49.8 Å². The average molecular weight is 554 g/mol. The molecular weight excluding hydrogens is 523 g/mol. The topological polar surface area (TPSA) is 87.5 Å². The van der Waals surface area contributed by atoms with Gasteiger partial charge in [-0.3, -0.25) is 4.79 Å². The van der Waals surface area contributed by atoms with Crippen LogP contribution in [0.15, 0.2) is 67.5 Å². The second-order valence-electron chi connectivity index (χ2n) is 9.39. The first-order chi connectivity index (χ1) is 18.9. The molecule has 40 heavy (non-hydrogen) atoms. The number of likely N-dealkylation sites (N-methyl/N-ethyl adjacent to an activating group) is 2. The standard InChI is InChI=1S/C28H30F3N7O2/c1-6-26(39)33-21-15-22(25(40-28(29,30)31)16-24(21)37(4)14-13-36(2)3)35-27-32-12-11-20(34-27)19-17-38(5)23-10-8-7-9-18(19)23/h6-12,15-17H,1,13-14H2,2-5H3,(H,33,39)(H,32,34,35). The van der Waals surface area contributed by atoms with E-state index in [9.17, 15) is 18.0 Å². The third-order valence-corrected chi connectivity index (χ3v) is 6.14. The van der Waals surface area contributed by atoms with Crippen molar-refractivity contribution in [1.82, 2.24) is 19.4 Å². The van der Waals surface area contributed by atoms with E-state index in [1.807, 2.05) is 61.1 Å². The summed E-state index contributed by atoms with van der Waals surface area (Å²) in [5.41, 5.74) is 2.92. The van der Waals surface area contributed by atoms with Crippen LogP contribution in [0, 0.1) is 0 Å². The second kappa shape index (κ2) is 11.7. The molecule has 12 heteroatoms. The van der Waals surface area contributed by atoms with Gasteiger partial charge < -0.3 is 29.7 Å². The molecule has 2 heterocycles. The van der Waals surface area contributed by atoms with E-state index in [0.29, 0.717) is 24.5 Å². The summed E-state index contributed by atoms with van der Waals surface area (Å²) in [6, 6.07) is 12.1. The van der Waals surface area contributed by atoms with E-state index in [1.165, 1.54) is 18.3 Å². The van der Waals surface area contributed by atoms with Gasteiger partial charge in [-0.25, -0.2) is 9.97 Å². The summed E-state index contributed by atoms with van der Waals surface area (Å²) in [6.07, 6.45) is -0.447. The zero-order chi connectivity index (χ0) is 29.0. The van der Waals surface area contributed by atoms with Crippen LogP contribution in [-0.4, -0.2) is 65.9 Å². The quantitative estimate of drug-likeness (QED) is 0.254. The van der Waals surface area contributed by atoms with Crippen LogP contribution in [0.5, 0.6) is 5.75 Å². The van der Waals surface area contributed by atoms with Gasteiger partial charge in [-0.2, -0.15) is 0 Å². The van der Waals surface area contributed by atoms with Gasteiger partial charge in [0, 0.05) is 62.1 Å². The Kier molecular flexibility index (Phi) is 8.29. The molecule has 0 saturated carbocycles. The van der Waals surface area contributed by atoms with Crippen molar-refractivity contribution in [2.45, 2.75) is 6.36 Å². The molecule has 0 fully saturated rings. The molecule has 0 unspecified atom stereocenters. The molecule has 4 rings (SSSR count). The highest BCUT2D eigenvalue weighted by Gasteiger charge is 2.33. The summed E-state index contributed by atoms with van der Waals surface area (Å²) in [6.45, 7) is 4.56. The van der Waals surface area contributed by atoms with Crippen molar-refractivity contribution in [3.8, 4) is 17.0 Å². The maximum Gasteiger partial charge on any atom is 0.573 e. The van der Waals surface area contributed by atoms with Crippen molar-refractivity contribution in [3.63, 3.8) is 0 Å². The average Bonchev–Trinajstić information content (AvgIpc) is 3.24. The minimum absolute atomic E-state index is 0.0483. The molecule has 0 aliphatic carbocycles. The number of ether oxygens (including phenoxy) is 1. The lowest BCUT2D eigenvalue weighted by atomic mass is 10.1. The van der Waals surface area contributed by atoms with E-state index in [4.69, 9.17) is 0 Å². The van der Waals surface area contributed by atoms with E-state index in [-0.39, 0.29) is 17.3 Å². The molecule has 0 saturated heterocycles. The molecular formula is C28H30F3N7O2. The van der Waals surface area contributed by atoms with Crippen LogP contribution in [0.4, 0.5) is 36.2 Å². The van der Waals surface area contributed by atoms with Gasteiger partial charge in [0.1, 0.15) is 0 Å². The Bertz CT molecular complexity index is 1530. The number of carbonyl (C=O) groups excluding carboxylic acids is 1. The van der Waals surface area contributed by atoms with Gasteiger partial charge in [-0.15, -0.1) is 13.2 Å². The molecule has 0 aliphatic rings. The Labute approximate surface area is 229 Å². The van der Waals surface area contributed by atoms with Crippen molar-refractivity contribution >= 4 is 39.8 Å². The number of nitrogens with one attached hydrogen (secondary N) is 2. The number of para-hydroxylation sites is 1. The van der Waals surface area contributed by atoms with Crippen LogP contribution in [0.3, 0.4) is 0 Å². The van der Waals surface area contributed by atoms with Crippen LogP contribution in [0.25, 0.3) is 22.2 Å². The number of rotatable bonds is 10. The van der Waals surface area contributed by atoms with E-state index in [0.717, 1.165) is 22.5 Å². The first-order valence-electron chi connectivity index (χ1n) is 12.3. The van der Waals surface area contributed by atoms with E-state index >= 15 is 0 Å². The van der Waals surface area contributed by atoms with Gasteiger partial charge in [-0.1, -0.05) is 24.8 Å². The molecule has 0 aliphatic heterocycles. The van der Waals surface area contributed by atoms with E-state index in [2.05, 4.69) is 31.9 Å². The number of aryl methyl sites for hydroxylation is 1. The Balaban J connectivity index is 1.77. The van der Waals surface area contributed by atoms with Gasteiger partial charge >= 0.3 is 6.36 Å². The number of benzene rings is 2. The lowest BCUT2D eigenvalue weighted by molar-refractivity contribution is -0.274. The highest BCUT2D eigenvalue weighted by atomic mass is 19.4. The smallest absolute Gasteiger partial charge is 0.403 e. The van der Waals surface area contributed by atoms with Crippen molar-refractivity contribution in [2.24, 2.45) is 7.05 Å². The van der Waals surface area contributed by atoms with Crippen LogP contribution in [0.1, 0.15) is 0 Å². The third kappa shape index (κ3) is 6.70. The van der Waals surface area contributed by atoms with Gasteiger partial charge in [0.25, 0.3) is 0 Å². The van der Waals surface area contributed by atoms with Crippen LogP contribution in [0.2, 0.25) is 0 Å². The van der Waals surface area contributed by atoms with Crippen molar-refractivity contribution < 1.29 is 22.7 Å². The maximum atomic E-state index is 13.5. The van der Waals surface area contributed by atoms with E-state index in [1.54, 1.807) is 18.0 Å². The predicted octanol–water partition coefficient (Wildman–Crippen LogP) is 5.40. The minimum atomic E-state index is -4.96. The number of halogens is 3. The second-order valence-corrected chi connectivity index (χ2v) is 9.39. The highest BCUT2D eigenvalue weighted by molar-refractivity contribution is 6.02. The third-order valence-electron chi connectivity index (χ3n) is 6.14. The fourth-order valence-corrected chi connectivity index (χ4v) is 4.18. The van der Waals surface area contributed by atoms with Gasteiger partial charge in [0.15, 0.2) is 5.75 Å². The first-order valence-corrected chi connectivity index (χ1v) is 12.3. The molecule has 210 valence electrons. The number of hydrogen-bond acceptors (Lipinski definition) is 7. The van der Waals surface area contributed by atoms with Crippen molar-refractivity contribution in [1.29, 1.82) is 0 Å². The number of anilines is 4. The molecule has 0 atom stereocenters. The summed E-state index contributed by atoms with van der Waals surface area (Å²) in [7, 11) is 7.39. The number of hydrogen-bond donors (Lipinski definition) is 2. The van der Waals surface area contributed by atoms with Gasteiger partial charge in [-0.05, 0) is 38.4 Å². The number of aromatic nitrogens is 3. The Morgan fingerprint density at radius 3 is 2.58 bits per heavy atom. The molecule has 0 spiro atoms. The highest BCUT2D eigenvalue weighted by Crippen LogP contribution is 2.40. The van der Waals surface area contributed by atoms with Gasteiger partial charge in [0.05, 0.1) is 22.8 Å². The molecule has 1 amide bonds. The molecule has 2 aromatic carbocycles. The normalized spacial score (nSPS) is 11.5. The lowest BCUT2D eigenvalue weighted by Gasteiger charge is -2.26.